The summed E-state index contributed by atoms with van der Waals surface area (Å²) in [5.74, 6) is 0.238. The van der Waals surface area contributed by atoms with Gasteiger partial charge in [0.2, 0.25) is 0 Å². The molecule has 0 saturated heterocycles. The molecule has 0 aliphatic heterocycles. The van der Waals surface area contributed by atoms with Gasteiger partial charge in [-0.05, 0) is 35.9 Å². The average molecular weight is 494 g/mol. The van der Waals surface area contributed by atoms with Crippen LogP contribution in [-0.4, -0.2) is 25.1 Å². The Balaban J connectivity index is 1.83. The number of carbonyl (C=O) groups excluding carboxylic acids is 1. The summed E-state index contributed by atoms with van der Waals surface area (Å²) in [7, 11) is 2.82. The number of ether oxygens (including phenoxy) is 3. The molecule has 0 aromatic heterocycles. The van der Waals surface area contributed by atoms with E-state index in [4.69, 9.17) is 25.8 Å². The highest BCUT2D eigenvalue weighted by atomic mass is 35.5. The number of non-ortho nitro benzene ring substituents is 1. The van der Waals surface area contributed by atoms with E-state index in [0.29, 0.717) is 22.1 Å². The van der Waals surface area contributed by atoms with E-state index in [1.165, 1.54) is 38.5 Å². The van der Waals surface area contributed by atoms with E-state index in [0.717, 1.165) is 5.56 Å². The van der Waals surface area contributed by atoms with Gasteiger partial charge in [-0.25, -0.2) is 0 Å². The van der Waals surface area contributed by atoms with Crippen molar-refractivity contribution in [3.63, 3.8) is 0 Å². The van der Waals surface area contributed by atoms with Crippen molar-refractivity contribution >= 4 is 35.0 Å². The number of nitro groups is 1. The largest absolute Gasteiger partial charge is 0.494 e. The van der Waals surface area contributed by atoms with Crippen LogP contribution in [0.5, 0.6) is 17.2 Å². The normalized spacial score (nSPS) is 10.7. The zero-order valence-corrected chi connectivity index (χ0v) is 19.5. The fourth-order valence-corrected chi connectivity index (χ4v) is 3.26. The molecule has 0 bridgehead atoms. The van der Waals surface area contributed by atoms with Crippen molar-refractivity contribution in [2.24, 2.45) is 0 Å². The Bertz CT molecular complexity index is 1330. The summed E-state index contributed by atoms with van der Waals surface area (Å²) in [4.78, 5) is 23.1. The van der Waals surface area contributed by atoms with E-state index < -0.39 is 10.8 Å². The van der Waals surface area contributed by atoms with Crippen molar-refractivity contribution in [1.29, 1.82) is 5.26 Å². The number of halogens is 1. The lowest BCUT2D eigenvalue weighted by Crippen LogP contribution is -2.14. The van der Waals surface area contributed by atoms with Crippen LogP contribution < -0.4 is 19.5 Å². The van der Waals surface area contributed by atoms with Gasteiger partial charge in [-0.2, -0.15) is 5.26 Å². The van der Waals surface area contributed by atoms with Crippen molar-refractivity contribution < 1.29 is 23.9 Å². The maximum atomic E-state index is 12.7. The molecule has 0 heterocycles. The second-order valence-electron chi connectivity index (χ2n) is 7.06. The summed E-state index contributed by atoms with van der Waals surface area (Å²) in [5.41, 5.74) is 1.09. The first kappa shape index (κ1) is 25.1. The molecular weight excluding hydrogens is 474 g/mol. The lowest BCUT2D eigenvalue weighted by molar-refractivity contribution is -0.384. The number of hydrogen-bond donors (Lipinski definition) is 1. The van der Waals surface area contributed by atoms with Gasteiger partial charge in [0.05, 0.1) is 30.9 Å². The van der Waals surface area contributed by atoms with Gasteiger partial charge >= 0.3 is 0 Å². The van der Waals surface area contributed by atoms with Gasteiger partial charge in [-0.1, -0.05) is 35.9 Å². The minimum Gasteiger partial charge on any atom is -0.494 e. The number of nitrogens with zero attached hydrogens (tertiary/aromatic N) is 2. The molecule has 1 amide bonds. The lowest BCUT2D eigenvalue weighted by Gasteiger charge is -2.12. The molecule has 178 valence electrons. The number of methoxy groups -OCH3 is 2. The summed E-state index contributed by atoms with van der Waals surface area (Å²) < 4.78 is 16.3. The number of hydrogen-bond acceptors (Lipinski definition) is 7. The van der Waals surface area contributed by atoms with Crippen molar-refractivity contribution in [1.82, 2.24) is 0 Å². The molecule has 0 aliphatic rings. The van der Waals surface area contributed by atoms with E-state index in [9.17, 15) is 20.2 Å². The number of nitro benzene ring substituents is 1. The first-order valence-electron chi connectivity index (χ1n) is 10.2. The van der Waals surface area contributed by atoms with Crippen LogP contribution in [0.15, 0.2) is 66.2 Å². The summed E-state index contributed by atoms with van der Waals surface area (Å²) in [6, 6.07) is 17.8. The molecule has 0 saturated carbocycles. The predicted octanol–water partition coefficient (Wildman–Crippen LogP) is 5.39. The molecule has 3 aromatic rings. The van der Waals surface area contributed by atoms with Crippen LogP contribution in [0, 0.1) is 21.4 Å². The average Bonchev–Trinajstić information content (AvgIpc) is 2.86. The number of anilines is 1. The number of nitrogens with one attached hydrogen (secondary N) is 1. The quantitative estimate of drug-likeness (QED) is 0.183. The number of nitriles is 1. The van der Waals surface area contributed by atoms with E-state index in [2.05, 4.69) is 5.32 Å². The van der Waals surface area contributed by atoms with Crippen LogP contribution in [0.1, 0.15) is 11.1 Å². The van der Waals surface area contributed by atoms with Gasteiger partial charge in [-0.3, -0.25) is 14.9 Å². The highest BCUT2D eigenvalue weighted by Crippen LogP contribution is 2.31. The number of benzene rings is 3. The SMILES string of the molecule is COc1cc([N+](=O)[O-])ccc1NC(=O)C(C#N)=Cc1ccc(OC)c(OCc2ccccc2Cl)c1. The number of carbonyl (C=O) groups is 1. The third-order valence-electron chi connectivity index (χ3n) is 4.85. The van der Waals surface area contributed by atoms with Gasteiger partial charge in [0.1, 0.15) is 24.0 Å². The van der Waals surface area contributed by atoms with Crippen molar-refractivity contribution in [2.45, 2.75) is 6.61 Å². The Hall–Kier alpha value is -4.55. The monoisotopic (exact) mass is 493 g/mol. The third kappa shape index (κ3) is 6.28. The van der Waals surface area contributed by atoms with Crippen LogP contribution >= 0.6 is 11.6 Å². The minimum atomic E-state index is -0.714. The van der Waals surface area contributed by atoms with Crippen molar-refractivity contribution in [3.8, 4) is 23.3 Å². The molecule has 1 N–H and O–H groups in total. The van der Waals surface area contributed by atoms with Gasteiger partial charge in [0.25, 0.3) is 11.6 Å². The van der Waals surface area contributed by atoms with E-state index >= 15 is 0 Å². The molecule has 9 nitrogen and oxygen atoms in total. The fourth-order valence-electron chi connectivity index (χ4n) is 3.07. The molecule has 0 atom stereocenters. The van der Waals surface area contributed by atoms with Crippen LogP contribution in [0.3, 0.4) is 0 Å². The van der Waals surface area contributed by atoms with Crippen LogP contribution in [-0.2, 0) is 11.4 Å². The Morgan fingerprint density at radius 3 is 2.49 bits per heavy atom. The molecule has 0 aliphatic carbocycles. The molecule has 0 spiro atoms. The van der Waals surface area contributed by atoms with Gasteiger partial charge in [-0.15, -0.1) is 0 Å². The van der Waals surface area contributed by atoms with Gasteiger partial charge in [0, 0.05) is 16.7 Å². The molecule has 0 fully saturated rings. The lowest BCUT2D eigenvalue weighted by atomic mass is 10.1. The third-order valence-corrected chi connectivity index (χ3v) is 5.22. The van der Waals surface area contributed by atoms with Gasteiger partial charge in [0.15, 0.2) is 11.5 Å². The molecular formula is C25H20ClN3O6. The number of rotatable bonds is 9. The smallest absolute Gasteiger partial charge is 0.273 e. The van der Waals surface area contributed by atoms with Crippen LogP contribution in [0.25, 0.3) is 6.08 Å². The predicted molar refractivity (Wildman–Crippen MR) is 131 cm³/mol. The second kappa shape index (κ2) is 11.5. The summed E-state index contributed by atoms with van der Waals surface area (Å²) >= 11 is 6.19. The van der Waals surface area contributed by atoms with E-state index in [-0.39, 0.29) is 29.3 Å². The fraction of sp³-hybridized carbons (Fsp3) is 0.120. The zero-order chi connectivity index (χ0) is 25.4. The Morgan fingerprint density at radius 2 is 1.83 bits per heavy atom. The first-order valence-corrected chi connectivity index (χ1v) is 10.5. The topological polar surface area (TPSA) is 124 Å². The molecule has 3 rings (SSSR count). The summed E-state index contributed by atoms with van der Waals surface area (Å²) in [6.07, 6.45) is 1.38. The van der Waals surface area contributed by atoms with E-state index in [1.54, 1.807) is 24.3 Å². The van der Waals surface area contributed by atoms with Crippen molar-refractivity contribution in [2.75, 3.05) is 19.5 Å². The standard InChI is InChI=1S/C25H20ClN3O6/c1-33-22-10-7-16(12-24(22)35-15-17-5-3-4-6-20(17)26)11-18(14-27)25(30)28-21-9-8-19(29(31)32)13-23(21)34-2/h3-13H,15H2,1-2H3,(H,28,30). The summed E-state index contributed by atoms with van der Waals surface area (Å²) in [5, 5.41) is 23.6. The highest BCUT2D eigenvalue weighted by Gasteiger charge is 2.16. The van der Waals surface area contributed by atoms with Crippen LogP contribution in [0.4, 0.5) is 11.4 Å². The molecule has 10 heteroatoms. The first-order chi connectivity index (χ1) is 16.9. The maximum absolute atomic E-state index is 12.7. The molecule has 0 radical (unpaired) electrons. The van der Waals surface area contributed by atoms with Gasteiger partial charge < -0.3 is 19.5 Å². The molecule has 3 aromatic carbocycles. The Labute approximate surface area is 206 Å². The molecule has 35 heavy (non-hydrogen) atoms. The Morgan fingerprint density at radius 1 is 1.09 bits per heavy atom. The minimum absolute atomic E-state index is 0.0875. The molecule has 0 unspecified atom stereocenters. The maximum Gasteiger partial charge on any atom is 0.273 e. The second-order valence-corrected chi connectivity index (χ2v) is 7.46. The van der Waals surface area contributed by atoms with Crippen LogP contribution in [0.2, 0.25) is 5.02 Å². The Kier molecular flexibility index (Phi) is 8.27. The van der Waals surface area contributed by atoms with E-state index in [1.807, 2.05) is 24.3 Å². The van der Waals surface area contributed by atoms with Crippen molar-refractivity contribution in [3.05, 3.63) is 92.5 Å². The number of amides is 1. The highest BCUT2D eigenvalue weighted by molar-refractivity contribution is 6.31. The summed E-state index contributed by atoms with van der Waals surface area (Å²) in [6.45, 7) is 0.189. The zero-order valence-electron chi connectivity index (χ0n) is 18.8.